The maximum absolute atomic E-state index is 5.86. The summed E-state index contributed by atoms with van der Waals surface area (Å²) in [7, 11) is 1.66. The molecule has 7 heteroatoms. The van der Waals surface area contributed by atoms with Crippen molar-refractivity contribution in [1.29, 1.82) is 0 Å². The van der Waals surface area contributed by atoms with E-state index in [2.05, 4.69) is 42.5 Å². The highest BCUT2D eigenvalue weighted by molar-refractivity contribution is 7.80. The van der Waals surface area contributed by atoms with E-state index in [0.29, 0.717) is 16.8 Å². The third kappa shape index (κ3) is 4.31. The normalized spacial score (nSPS) is 15.8. The number of anilines is 1. The zero-order valence-electron chi connectivity index (χ0n) is 20.1. The van der Waals surface area contributed by atoms with E-state index >= 15 is 0 Å². The van der Waals surface area contributed by atoms with Gasteiger partial charge in [0.15, 0.2) is 5.11 Å². The number of rotatable bonds is 5. The molecule has 0 spiro atoms. The molecule has 0 bridgehead atoms. The molecular formula is C28H26N4O2S. The third-order valence-electron chi connectivity index (χ3n) is 6.37. The Labute approximate surface area is 210 Å². The van der Waals surface area contributed by atoms with Crippen molar-refractivity contribution in [3.05, 3.63) is 101 Å². The maximum Gasteiger partial charge on any atom is 0.258 e. The summed E-state index contributed by atoms with van der Waals surface area (Å²) in [6, 6.07) is 23.8. The second-order valence-corrected chi connectivity index (χ2v) is 8.93. The van der Waals surface area contributed by atoms with E-state index in [-0.39, 0.29) is 6.04 Å². The smallest absolute Gasteiger partial charge is 0.258 e. The van der Waals surface area contributed by atoms with Crippen molar-refractivity contribution < 1.29 is 9.26 Å². The molecule has 5 rings (SSSR count). The molecule has 0 radical (unpaired) electrons. The van der Waals surface area contributed by atoms with Gasteiger partial charge in [-0.25, -0.2) is 0 Å². The number of ether oxygens (including phenoxy) is 1. The Hall–Kier alpha value is -3.97. The van der Waals surface area contributed by atoms with Crippen LogP contribution in [0.1, 0.15) is 35.5 Å². The minimum atomic E-state index is -0.264. The zero-order chi connectivity index (χ0) is 24.5. The fourth-order valence-electron chi connectivity index (χ4n) is 4.28. The van der Waals surface area contributed by atoms with Crippen molar-refractivity contribution in [2.24, 2.45) is 0 Å². The molecule has 1 N–H and O–H groups in total. The second-order valence-electron chi connectivity index (χ2n) is 8.55. The number of thiocarbonyl (C=S) groups is 1. The number of nitrogens with zero attached hydrogens (tertiary/aromatic N) is 3. The van der Waals surface area contributed by atoms with Gasteiger partial charge >= 0.3 is 0 Å². The SMILES string of the molecule is COc1ccc(C2NC(=S)N(c3ccc(C)c(C)c3)C(C)=C2c2nc(-c3ccccc3)no2)cc1. The van der Waals surface area contributed by atoms with Crippen molar-refractivity contribution >= 4 is 28.6 Å². The van der Waals surface area contributed by atoms with Crippen LogP contribution in [0.25, 0.3) is 17.0 Å². The molecule has 0 aliphatic carbocycles. The van der Waals surface area contributed by atoms with Crippen LogP contribution in [0.15, 0.2) is 83.0 Å². The quantitative estimate of drug-likeness (QED) is 0.338. The fourth-order valence-corrected chi connectivity index (χ4v) is 4.64. The predicted octanol–water partition coefficient (Wildman–Crippen LogP) is 6.23. The third-order valence-corrected chi connectivity index (χ3v) is 6.67. The molecule has 2 heterocycles. The van der Waals surface area contributed by atoms with Gasteiger partial charge in [0.1, 0.15) is 5.75 Å². The van der Waals surface area contributed by atoms with Crippen molar-refractivity contribution in [2.45, 2.75) is 26.8 Å². The largest absolute Gasteiger partial charge is 0.497 e. The highest BCUT2D eigenvalue weighted by Gasteiger charge is 2.35. The van der Waals surface area contributed by atoms with E-state index in [0.717, 1.165) is 33.8 Å². The topological polar surface area (TPSA) is 63.4 Å². The lowest BCUT2D eigenvalue weighted by atomic mass is 9.94. The molecule has 0 amide bonds. The molecule has 1 aliphatic rings. The van der Waals surface area contributed by atoms with Gasteiger partial charge in [0.25, 0.3) is 5.89 Å². The van der Waals surface area contributed by atoms with Gasteiger partial charge in [-0.1, -0.05) is 53.7 Å². The van der Waals surface area contributed by atoms with Crippen molar-refractivity contribution in [2.75, 3.05) is 12.0 Å². The highest BCUT2D eigenvalue weighted by atomic mass is 32.1. The molecule has 0 saturated heterocycles. The van der Waals surface area contributed by atoms with Crippen molar-refractivity contribution in [1.82, 2.24) is 15.5 Å². The number of hydrogen-bond donors (Lipinski definition) is 1. The van der Waals surface area contributed by atoms with E-state index in [1.807, 2.05) is 66.4 Å². The molecule has 4 aromatic rings. The average molecular weight is 483 g/mol. The van der Waals surface area contributed by atoms with Crippen LogP contribution in [-0.4, -0.2) is 22.4 Å². The minimum Gasteiger partial charge on any atom is -0.497 e. The molecule has 35 heavy (non-hydrogen) atoms. The molecule has 1 atom stereocenters. The lowest BCUT2D eigenvalue weighted by Gasteiger charge is -2.37. The Morgan fingerprint density at radius 3 is 2.37 bits per heavy atom. The van der Waals surface area contributed by atoms with Gasteiger partial charge in [-0.2, -0.15) is 4.98 Å². The summed E-state index contributed by atoms with van der Waals surface area (Å²) in [5.74, 6) is 1.78. The van der Waals surface area contributed by atoms with Crippen LogP contribution in [0.2, 0.25) is 0 Å². The molecule has 1 aromatic heterocycles. The first-order chi connectivity index (χ1) is 17.0. The summed E-state index contributed by atoms with van der Waals surface area (Å²) in [6.07, 6.45) is 0. The fraction of sp³-hybridized carbons (Fsp3) is 0.179. The van der Waals surface area contributed by atoms with E-state index in [9.17, 15) is 0 Å². The summed E-state index contributed by atoms with van der Waals surface area (Å²) >= 11 is 5.86. The second kappa shape index (κ2) is 9.35. The molecule has 0 fully saturated rings. The van der Waals surface area contributed by atoms with Crippen LogP contribution in [0.5, 0.6) is 5.75 Å². The van der Waals surface area contributed by atoms with Gasteiger partial charge in [0.05, 0.1) is 18.7 Å². The van der Waals surface area contributed by atoms with Crippen LogP contribution in [0.4, 0.5) is 5.69 Å². The number of benzene rings is 3. The molecule has 176 valence electrons. The first-order valence-corrected chi connectivity index (χ1v) is 11.8. The Morgan fingerprint density at radius 1 is 0.943 bits per heavy atom. The zero-order valence-corrected chi connectivity index (χ0v) is 20.9. The van der Waals surface area contributed by atoms with Gasteiger partial charge in [-0.05, 0) is 73.9 Å². The van der Waals surface area contributed by atoms with Crippen molar-refractivity contribution in [3.63, 3.8) is 0 Å². The average Bonchev–Trinajstić information content (AvgIpc) is 3.36. The summed E-state index contributed by atoms with van der Waals surface area (Å²) in [6.45, 7) is 6.24. The molecule has 3 aromatic carbocycles. The number of aryl methyl sites for hydroxylation is 2. The Morgan fingerprint density at radius 2 is 1.69 bits per heavy atom. The van der Waals surface area contributed by atoms with Crippen molar-refractivity contribution in [3.8, 4) is 17.1 Å². The molecular weight excluding hydrogens is 456 g/mol. The predicted molar refractivity (Wildman–Crippen MR) is 142 cm³/mol. The van der Waals surface area contributed by atoms with Crippen LogP contribution in [0.3, 0.4) is 0 Å². The standard InChI is InChI=1S/C28H26N4O2S/c1-17-10-13-22(16-18(17)2)32-19(3)24(27-30-26(31-34-27)21-8-6-5-7-9-21)25(29-28(32)35)20-11-14-23(33-4)15-12-20/h5-16,25H,1-4H3,(H,29,35). The van der Waals surface area contributed by atoms with Crippen LogP contribution < -0.4 is 15.0 Å². The van der Waals surface area contributed by atoms with Crippen LogP contribution >= 0.6 is 12.2 Å². The van der Waals surface area contributed by atoms with E-state index < -0.39 is 0 Å². The lowest BCUT2D eigenvalue weighted by molar-refractivity contribution is 0.404. The van der Waals surface area contributed by atoms with Gasteiger partial charge in [-0.15, -0.1) is 0 Å². The first kappa shape index (κ1) is 22.8. The summed E-state index contributed by atoms with van der Waals surface area (Å²) in [5.41, 5.74) is 7.12. The van der Waals surface area contributed by atoms with E-state index in [4.69, 9.17) is 26.5 Å². The van der Waals surface area contributed by atoms with Gasteiger partial charge in [-0.3, -0.25) is 4.90 Å². The number of allylic oxidation sites excluding steroid dienone is 1. The van der Waals surface area contributed by atoms with E-state index in [1.54, 1.807) is 7.11 Å². The van der Waals surface area contributed by atoms with Gasteiger partial charge in [0.2, 0.25) is 5.82 Å². The van der Waals surface area contributed by atoms with E-state index in [1.165, 1.54) is 11.1 Å². The van der Waals surface area contributed by atoms with Crippen LogP contribution in [-0.2, 0) is 0 Å². The molecule has 1 unspecified atom stereocenters. The number of nitrogens with one attached hydrogen (secondary N) is 1. The first-order valence-electron chi connectivity index (χ1n) is 11.4. The Balaban J connectivity index is 1.65. The number of aromatic nitrogens is 2. The summed E-state index contributed by atoms with van der Waals surface area (Å²) < 4.78 is 11.2. The molecule has 1 aliphatic heterocycles. The molecule has 6 nitrogen and oxygen atoms in total. The summed E-state index contributed by atoms with van der Waals surface area (Å²) in [4.78, 5) is 6.81. The minimum absolute atomic E-state index is 0.264. The number of hydrogen-bond acceptors (Lipinski definition) is 5. The van der Waals surface area contributed by atoms with Crippen LogP contribution in [0, 0.1) is 13.8 Å². The number of methoxy groups -OCH3 is 1. The van der Waals surface area contributed by atoms with Gasteiger partial charge in [0, 0.05) is 16.9 Å². The Kier molecular flexibility index (Phi) is 6.09. The molecule has 0 saturated carbocycles. The summed E-state index contributed by atoms with van der Waals surface area (Å²) in [5, 5.41) is 8.40. The van der Waals surface area contributed by atoms with Gasteiger partial charge < -0.3 is 14.6 Å². The Bertz CT molecular complexity index is 1410. The maximum atomic E-state index is 5.86. The highest BCUT2D eigenvalue weighted by Crippen LogP contribution is 2.39. The lowest BCUT2D eigenvalue weighted by Crippen LogP contribution is -2.46. The monoisotopic (exact) mass is 482 g/mol.